The van der Waals surface area contributed by atoms with Gasteiger partial charge >= 0.3 is 5.97 Å². The van der Waals surface area contributed by atoms with Gasteiger partial charge in [-0.2, -0.15) is 0 Å². The van der Waals surface area contributed by atoms with Gasteiger partial charge in [-0.05, 0) is 49.2 Å². The predicted molar refractivity (Wildman–Crippen MR) is 96.7 cm³/mol. The highest BCUT2D eigenvalue weighted by atomic mass is 19.1. The average Bonchev–Trinajstić information content (AvgIpc) is 3.24. The number of carbonyl (C=O) groups is 1. The Kier molecular flexibility index (Phi) is 5.73. The molecule has 148 valence electrons. The molecule has 0 radical (unpaired) electrons. The first-order valence-electron chi connectivity index (χ1n) is 9.22. The largest absolute Gasteiger partial charge is 0.491 e. The number of hydrogen-bond donors (Lipinski definition) is 0. The summed E-state index contributed by atoms with van der Waals surface area (Å²) in [6.45, 7) is 1.55. The molecular formula is C21H21FO6. The van der Waals surface area contributed by atoms with E-state index in [1.54, 1.807) is 24.3 Å². The summed E-state index contributed by atoms with van der Waals surface area (Å²) in [5, 5.41) is 0. The van der Waals surface area contributed by atoms with Crippen molar-refractivity contribution >= 4 is 5.97 Å². The summed E-state index contributed by atoms with van der Waals surface area (Å²) in [5.74, 6) is 0.250. The standard InChI is InChI=1S/C21H21FO6/c22-17-8-15-10-24-13-28-20(15)16(9-17)11-27-21(23)14-3-5-18(6-4-14)26-12-19-2-1-7-25-19/h3-6,8-9,19H,1-2,7,10-13H2. The van der Waals surface area contributed by atoms with Crippen LogP contribution in [0.1, 0.15) is 34.3 Å². The van der Waals surface area contributed by atoms with Crippen LogP contribution in [0.25, 0.3) is 0 Å². The fourth-order valence-corrected chi connectivity index (χ4v) is 3.24. The van der Waals surface area contributed by atoms with Crippen LogP contribution in [0.2, 0.25) is 0 Å². The Labute approximate surface area is 162 Å². The Hall–Kier alpha value is -2.64. The second-order valence-electron chi connectivity index (χ2n) is 6.71. The number of rotatable bonds is 6. The molecule has 0 aromatic heterocycles. The summed E-state index contributed by atoms with van der Waals surface area (Å²) >= 11 is 0. The zero-order valence-electron chi connectivity index (χ0n) is 15.3. The van der Waals surface area contributed by atoms with Crippen molar-refractivity contribution in [3.63, 3.8) is 0 Å². The van der Waals surface area contributed by atoms with Crippen LogP contribution < -0.4 is 9.47 Å². The van der Waals surface area contributed by atoms with Crippen molar-refractivity contribution in [2.45, 2.75) is 32.2 Å². The fourth-order valence-electron chi connectivity index (χ4n) is 3.24. The lowest BCUT2D eigenvalue weighted by atomic mass is 10.1. The minimum atomic E-state index is -0.504. The highest BCUT2D eigenvalue weighted by Gasteiger charge is 2.19. The lowest BCUT2D eigenvalue weighted by Crippen LogP contribution is -2.16. The van der Waals surface area contributed by atoms with Crippen LogP contribution in [0.4, 0.5) is 4.39 Å². The molecule has 7 heteroatoms. The van der Waals surface area contributed by atoms with Crippen LogP contribution in [0.5, 0.6) is 11.5 Å². The number of carbonyl (C=O) groups excluding carboxylic acids is 1. The molecular weight excluding hydrogens is 367 g/mol. The van der Waals surface area contributed by atoms with E-state index in [2.05, 4.69) is 0 Å². The molecule has 6 nitrogen and oxygen atoms in total. The quantitative estimate of drug-likeness (QED) is 0.705. The average molecular weight is 388 g/mol. The predicted octanol–water partition coefficient (Wildman–Crippen LogP) is 3.61. The maximum Gasteiger partial charge on any atom is 0.338 e. The highest BCUT2D eigenvalue weighted by molar-refractivity contribution is 5.89. The molecule has 2 aromatic carbocycles. The Morgan fingerprint density at radius 3 is 2.86 bits per heavy atom. The van der Waals surface area contributed by atoms with E-state index in [0.717, 1.165) is 19.4 Å². The minimum absolute atomic E-state index is 0.0871. The Balaban J connectivity index is 1.34. The molecule has 2 heterocycles. The van der Waals surface area contributed by atoms with Crippen molar-refractivity contribution in [2.75, 3.05) is 20.0 Å². The zero-order chi connectivity index (χ0) is 19.3. The molecule has 2 aliphatic heterocycles. The lowest BCUT2D eigenvalue weighted by molar-refractivity contribution is -0.0182. The van der Waals surface area contributed by atoms with E-state index in [9.17, 15) is 9.18 Å². The maximum absolute atomic E-state index is 13.8. The topological polar surface area (TPSA) is 63.2 Å². The molecule has 2 aromatic rings. The smallest absolute Gasteiger partial charge is 0.338 e. The van der Waals surface area contributed by atoms with E-state index in [4.69, 9.17) is 23.7 Å². The number of ether oxygens (including phenoxy) is 5. The molecule has 1 atom stereocenters. The van der Waals surface area contributed by atoms with E-state index >= 15 is 0 Å². The van der Waals surface area contributed by atoms with E-state index in [0.29, 0.717) is 34.8 Å². The molecule has 0 N–H and O–H groups in total. The van der Waals surface area contributed by atoms with E-state index in [1.165, 1.54) is 12.1 Å². The van der Waals surface area contributed by atoms with Gasteiger partial charge in [-0.15, -0.1) is 0 Å². The molecule has 4 rings (SSSR count). The van der Waals surface area contributed by atoms with Crippen LogP contribution >= 0.6 is 0 Å². The lowest BCUT2D eigenvalue weighted by Gasteiger charge is -2.20. The van der Waals surface area contributed by atoms with Crippen molar-refractivity contribution in [1.82, 2.24) is 0 Å². The molecule has 0 bridgehead atoms. The van der Waals surface area contributed by atoms with Gasteiger partial charge in [-0.1, -0.05) is 0 Å². The molecule has 0 amide bonds. The van der Waals surface area contributed by atoms with Gasteiger partial charge < -0.3 is 23.7 Å². The number of hydrogen-bond acceptors (Lipinski definition) is 6. The first kappa shape index (κ1) is 18.7. The van der Waals surface area contributed by atoms with Gasteiger partial charge in [0.05, 0.1) is 18.3 Å². The second kappa shape index (κ2) is 8.58. The van der Waals surface area contributed by atoms with E-state index in [1.807, 2.05) is 0 Å². The number of benzene rings is 2. The van der Waals surface area contributed by atoms with Gasteiger partial charge in [0, 0.05) is 17.7 Å². The summed E-state index contributed by atoms with van der Waals surface area (Å²) in [4.78, 5) is 12.3. The van der Waals surface area contributed by atoms with E-state index < -0.39 is 11.8 Å². The van der Waals surface area contributed by atoms with Crippen molar-refractivity contribution in [2.24, 2.45) is 0 Å². The monoisotopic (exact) mass is 388 g/mol. The normalized spacial score (nSPS) is 18.2. The summed E-state index contributed by atoms with van der Waals surface area (Å²) in [7, 11) is 0. The van der Waals surface area contributed by atoms with Crippen molar-refractivity contribution in [3.05, 3.63) is 58.9 Å². The van der Waals surface area contributed by atoms with Crippen molar-refractivity contribution in [3.8, 4) is 11.5 Å². The Morgan fingerprint density at radius 2 is 2.07 bits per heavy atom. The van der Waals surface area contributed by atoms with Crippen LogP contribution in [-0.2, 0) is 27.4 Å². The van der Waals surface area contributed by atoms with Crippen LogP contribution in [0.3, 0.4) is 0 Å². The maximum atomic E-state index is 13.8. The third-order valence-corrected chi connectivity index (χ3v) is 4.66. The van der Waals surface area contributed by atoms with Gasteiger partial charge in [0.2, 0.25) is 0 Å². The first-order chi connectivity index (χ1) is 13.7. The van der Waals surface area contributed by atoms with Gasteiger partial charge in [-0.3, -0.25) is 0 Å². The number of fused-ring (bicyclic) bond motifs is 1. The van der Waals surface area contributed by atoms with Crippen molar-refractivity contribution in [1.29, 1.82) is 0 Å². The van der Waals surface area contributed by atoms with Crippen molar-refractivity contribution < 1.29 is 32.9 Å². The molecule has 0 saturated carbocycles. The second-order valence-corrected chi connectivity index (χ2v) is 6.71. The van der Waals surface area contributed by atoms with Gasteiger partial charge in [0.15, 0.2) is 6.79 Å². The highest BCUT2D eigenvalue weighted by Crippen LogP contribution is 2.30. The van der Waals surface area contributed by atoms with Gasteiger partial charge in [0.1, 0.15) is 30.5 Å². The summed E-state index contributed by atoms with van der Waals surface area (Å²) in [6, 6.07) is 9.37. The summed E-state index contributed by atoms with van der Waals surface area (Å²) < 4.78 is 40.9. The Bertz CT molecular complexity index is 830. The molecule has 1 fully saturated rings. The first-order valence-corrected chi connectivity index (χ1v) is 9.22. The number of esters is 1. The zero-order valence-corrected chi connectivity index (χ0v) is 15.3. The minimum Gasteiger partial charge on any atom is -0.491 e. The molecule has 28 heavy (non-hydrogen) atoms. The SMILES string of the molecule is O=C(OCc1cc(F)cc2c1OCOC2)c1ccc(OCC2CCCO2)cc1. The molecule has 0 spiro atoms. The molecule has 0 aliphatic carbocycles. The van der Waals surface area contributed by atoms with Crippen LogP contribution in [0, 0.1) is 5.82 Å². The van der Waals surface area contributed by atoms with Crippen LogP contribution in [0.15, 0.2) is 36.4 Å². The molecule has 2 aliphatic rings. The van der Waals surface area contributed by atoms with E-state index in [-0.39, 0.29) is 26.1 Å². The Morgan fingerprint density at radius 1 is 1.21 bits per heavy atom. The molecule has 1 saturated heterocycles. The van der Waals surface area contributed by atoms with Gasteiger partial charge in [0.25, 0.3) is 0 Å². The number of halogens is 1. The fraction of sp³-hybridized carbons (Fsp3) is 0.381. The summed E-state index contributed by atoms with van der Waals surface area (Å²) in [5.41, 5.74) is 1.46. The van der Waals surface area contributed by atoms with Crippen LogP contribution in [-0.4, -0.2) is 32.1 Å². The third kappa shape index (κ3) is 4.43. The summed E-state index contributed by atoms with van der Waals surface area (Å²) in [6.07, 6.45) is 2.20. The molecule has 1 unspecified atom stereocenters. The third-order valence-electron chi connectivity index (χ3n) is 4.66. The van der Waals surface area contributed by atoms with Gasteiger partial charge in [-0.25, -0.2) is 9.18 Å².